The van der Waals surface area contributed by atoms with Gasteiger partial charge in [-0.3, -0.25) is 14.9 Å². The average molecular weight is 344 g/mol. The van der Waals surface area contributed by atoms with Gasteiger partial charge in [-0.25, -0.2) is 4.98 Å². The van der Waals surface area contributed by atoms with Gasteiger partial charge < -0.3 is 10.0 Å². The summed E-state index contributed by atoms with van der Waals surface area (Å²) >= 11 is 3.16. The molecule has 0 atom stereocenters. The largest absolute Gasteiger partial charge is 0.481 e. The number of aromatic nitrogens is 1. The van der Waals surface area contributed by atoms with Crippen LogP contribution in [0.3, 0.4) is 0 Å². The quantitative estimate of drug-likeness (QED) is 0.668. The number of carboxylic acids is 1. The lowest BCUT2D eigenvalue weighted by molar-refractivity contribution is -0.384. The van der Waals surface area contributed by atoms with Gasteiger partial charge in [-0.15, -0.1) is 0 Å². The standard InChI is InChI=1S/C12H14BrN3O4/c1-12(11(17)18)2-4-15(5-3-12)10-9(16(19)20)6-8(13)7-14-10/h6-7H,2-5H2,1H3,(H,17,18). The van der Waals surface area contributed by atoms with Crippen LogP contribution >= 0.6 is 15.9 Å². The van der Waals surface area contributed by atoms with Gasteiger partial charge in [0.05, 0.1) is 10.3 Å². The minimum atomic E-state index is -0.824. The number of rotatable bonds is 3. The molecule has 1 saturated heterocycles. The molecule has 7 nitrogen and oxygen atoms in total. The number of piperidine rings is 1. The number of hydrogen-bond acceptors (Lipinski definition) is 5. The van der Waals surface area contributed by atoms with Crippen LogP contribution in [0.2, 0.25) is 0 Å². The van der Waals surface area contributed by atoms with Gasteiger partial charge in [0.25, 0.3) is 0 Å². The number of nitrogens with zero attached hydrogens (tertiary/aromatic N) is 3. The summed E-state index contributed by atoms with van der Waals surface area (Å²) < 4.78 is 0.542. The van der Waals surface area contributed by atoms with Crippen LogP contribution in [0.5, 0.6) is 0 Å². The zero-order chi connectivity index (χ0) is 14.9. The molecule has 0 unspecified atom stereocenters. The van der Waals surface area contributed by atoms with E-state index in [1.807, 2.05) is 0 Å². The first-order valence-corrected chi connectivity index (χ1v) is 6.91. The molecule has 1 aromatic rings. The number of anilines is 1. The van der Waals surface area contributed by atoms with E-state index in [1.54, 1.807) is 11.8 Å². The molecule has 0 saturated carbocycles. The van der Waals surface area contributed by atoms with Crippen molar-refractivity contribution in [2.45, 2.75) is 19.8 Å². The molecule has 1 aromatic heterocycles. The van der Waals surface area contributed by atoms with Gasteiger partial charge in [0.15, 0.2) is 0 Å². The van der Waals surface area contributed by atoms with Crippen molar-refractivity contribution in [1.29, 1.82) is 0 Å². The fourth-order valence-corrected chi connectivity index (χ4v) is 2.54. The topological polar surface area (TPSA) is 96.6 Å². The van der Waals surface area contributed by atoms with Crippen LogP contribution in [0.1, 0.15) is 19.8 Å². The zero-order valence-corrected chi connectivity index (χ0v) is 12.5. The number of nitro groups is 1. The Balaban J connectivity index is 2.23. The van der Waals surface area contributed by atoms with Gasteiger partial charge in [0.1, 0.15) is 0 Å². The Kier molecular flexibility index (Phi) is 3.94. The minimum absolute atomic E-state index is 0.0710. The van der Waals surface area contributed by atoms with Crippen LogP contribution in [0, 0.1) is 15.5 Å². The SMILES string of the molecule is CC1(C(=O)O)CCN(c2ncc(Br)cc2[N+](=O)[O-])CC1. The van der Waals surface area contributed by atoms with Crippen molar-refractivity contribution in [3.8, 4) is 0 Å². The van der Waals surface area contributed by atoms with E-state index in [-0.39, 0.29) is 5.69 Å². The van der Waals surface area contributed by atoms with E-state index in [9.17, 15) is 20.0 Å². The van der Waals surface area contributed by atoms with E-state index >= 15 is 0 Å². The van der Waals surface area contributed by atoms with Gasteiger partial charge in [0, 0.05) is 29.8 Å². The molecular formula is C12H14BrN3O4. The number of halogens is 1. The Hall–Kier alpha value is -1.70. The van der Waals surface area contributed by atoms with E-state index < -0.39 is 16.3 Å². The molecule has 0 aromatic carbocycles. The first-order chi connectivity index (χ1) is 9.33. The molecule has 20 heavy (non-hydrogen) atoms. The van der Waals surface area contributed by atoms with Gasteiger partial charge in [-0.05, 0) is 35.7 Å². The lowest BCUT2D eigenvalue weighted by Gasteiger charge is -2.36. The third kappa shape index (κ3) is 2.74. The summed E-state index contributed by atoms with van der Waals surface area (Å²) in [4.78, 5) is 27.7. The predicted molar refractivity (Wildman–Crippen MR) is 75.8 cm³/mol. The maximum absolute atomic E-state index is 11.2. The zero-order valence-electron chi connectivity index (χ0n) is 10.9. The van der Waals surface area contributed by atoms with E-state index in [0.717, 1.165) is 0 Å². The predicted octanol–water partition coefficient (Wildman–Crippen LogP) is 2.44. The summed E-state index contributed by atoms with van der Waals surface area (Å²) in [6.45, 7) is 2.59. The molecule has 1 fully saturated rings. The Morgan fingerprint density at radius 3 is 2.65 bits per heavy atom. The fraction of sp³-hybridized carbons (Fsp3) is 0.500. The summed E-state index contributed by atoms with van der Waals surface area (Å²) in [5.41, 5.74) is -0.834. The summed E-state index contributed by atoms with van der Waals surface area (Å²) in [5.74, 6) is -0.527. The molecule has 2 rings (SSSR count). The molecule has 2 heterocycles. The Bertz CT molecular complexity index is 556. The molecule has 108 valence electrons. The van der Waals surface area contributed by atoms with E-state index in [4.69, 9.17) is 0 Å². The Morgan fingerprint density at radius 2 is 2.15 bits per heavy atom. The third-order valence-electron chi connectivity index (χ3n) is 3.69. The first kappa shape index (κ1) is 14.7. The van der Waals surface area contributed by atoms with Crippen molar-refractivity contribution in [2.75, 3.05) is 18.0 Å². The van der Waals surface area contributed by atoms with Crippen molar-refractivity contribution >= 4 is 33.4 Å². The lowest BCUT2D eigenvalue weighted by atomic mass is 9.80. The Morgan fingerprint density at radius 1 is 1.55 bits per heavy atom. The number of pyridine rings is 1. The molecule has 0 aliphatic carbocycles. The molecule has 1 aliphatic heterocycles. The van der Waals surface area contributed by atoms with Gasteiger partial charge in [-0.1, -0.05) is 0 Å². The van der Waals surface area contributed by atoms with Crippen LogP contribution < -0.4 is 4.90 Å². The van der Waals surface area contributed by atoms with Crippen molar-refractivity contribution in [3.05, 3.63) is 26.9 Å². The van der Waals surface area contributed by atoms with Gasteiger partial charge >= 0.3 is 11.7 Å². The highest BCUT2D eigenvalue weighted by Gasteiger charge is 2.38. The number of carboxylic acid groups (broad SMARTS) is 1. The van der Waals surface area contributed by atoms with Crippen LogP contribution in [-0.4, -0.2) is 34.1 Å². The molecule has 0 bridgehead atoms. The average Bonchev–Trinajstić information content (AvgIpc) is 2.39. The number of hydrogen-bond donors (Lipinski definition) is 1. The highest BCUT2D eigenvalue weighted by atomic mass is 79.9. The molecule has 8 heteroatoms. The van der Waals surface area contributed by atoms with E-state index in [0.29, 0.717) is 36.2 Å². The van der Waals surface area contributed by atoms with Crippen molar-refractivity contribution in [2.24, 2.45) is 5.41 Å². The van der Waals surface area contributed by atoms with Crippen LogP contribution in [0.15, 0.2) is 16.7 Å². The second kappa shape index (κ2) is 5.35. The number of carbonyl (C=O) groups is 1. The van der Waals surface area contributed by atoms with E-state index in [2.05, 4.69) is 20.9 Å². The molecule has 0 amide bonds. The highest BCUT2D eigenvalue weighted by molar-refractivity contribution is 9.10. The van der Waals surface area contributed by atoms with Crippen molar-refractivity contribution in [3.63, 3.8) is 0 Å². The molecule has 0 radical (unpaired) electrons. The smallest absolute Gasteiger partial charge is 0.312 e. The second-order valence-electron chi connectivity index (χ2n) is 5.11. The van der Waals surface area contributed by atoms with Crippen LogP contribution in [0.4, 0.5) is 11.5 Å². The number of aliphatic carboxylic acids is 1. The molecule has 0 spiro atoms. The van der Waals surface area contributed by atoms with Crippen LogP contribution in [-0.2, 0) is 4.79 Å². The second-order valence-corrected chi connectivity index (χ2v) is 6.02. The highest BCUT2D eigenvalue weighted by Crippen LogP contribution is 2.36. The van der Waals surface area contributed by atoms with Gasteiger partial charge in [-0.2, -0.15) is 0 Å². The summed E-state index contributed by atoms with van der Waals surface area (Å²) in [5, 5.41) is 20.3. The van der Waals surface area contributed by atoms with Crippen LogP contribution in [0.25, 0.3) is 0 Å². The molecular weight excluding hydrogens is 330 g/mol. The summed E-state index contributed by atoms with van der Waals surface area (Å²) in [6, 6.07) is 1.41. The van der Waals surface area contributed by atoms with Crippen molar-refractivity contribution in [1.82, 2.24) is 4.98 Å². The lowest BCUT2D eigenvalue weighted by Crippen LogP contribution is -2.43. The van der Waals surface area contributed by atoms with E-state index in [1.165, 1.54) is 12.3 Å². The third-order valence-corrected chi connectivity index (χ3v) is 4.13. The minimum Gasteiger partial charge on any atom is -0.481 e. The maximum atomic E-state index is 11.2. The Labute approximate surface area is 123 Å². The molecule has 1 N–H and O–H groups in total. The normalized spacial score (nSPS) is 17.8. The monoisotopic (exact) mass is 343 g/mol. The maximum Gasteiger partial charge on any atom is 0.312 e. The van der Waals surface area contributed by atoms with Crippen molar-refractivity contribution < 1.29 is 14.8 Å². The fourth-order valence-electron chi connectivity index (χ4n) is 2.23. The summed E-state index contributed by atoms with van der Waals surface area (Å²) in [6.07, 6.45) is 2.39. The molecule has 1 aliphatic rings. The van der Waals surface area contributed by atoms with Gasteiger partial charge in [0.2, 0.25) is 5.82 Å². The first-order valence-electron chi connectivity index (χ1n) is 6.12. The summed E-state index contributed by atoms with van der Waals surface area (Å²) in [7, 11) is 0.